The number of hydrogen-bond acceptors (Lipinski definition) is 3. The van der Waals surface area contributed by atoms with Crippen molar-refractivity contribution >= 4 is 8.60 Å². The molecule has 170 valence electrons. The lowest BCUT2D eigenvalue weighted by molar-refractivity contribution is -0.00256. The smallest absolute Gasteiger partial charge is 0.397 e. The van der Waals surface area contributed by atoms with Crippen molar-refractivity contribution in [1.29, 1.82) is 0 Å². The Morgan fingerprint density at radius 3 is 1.63 bits per heavy atom. The van der Waals surface area contributed by atoms with E-state index in [0.717, 1.165) is 18.6 Å². The SMILES string of the molecule is CC1CCC(C(C)C)C(OP(Oc2ccccc2)OC2CC(C)CCC2C(C)C)C1. The van der Waals surface area contributed by atoms with Gasteiger partial charge in [0.1, 0.15) is 5.75 Å². The van der Waals surface area contributed by atoms with Crippen LogP contribution in [0.5, 0.6) is 5.75 Å². The van der Waals surface area contributed by atoms with Gasteiger partial charge in [-0.1, -0.05) is 72.6 Å². The first-order valence-corrected chi connectivity index (χ1v) is 13.3. The van der Waals surface area contributed by atoms with Crippen LogP contribution in [0, 0.1) is 35.5 Å². The summed E-state index contributed by atoms with van der Waals surface area (Å²) in [4.78, 5) is 0. The Balaban J connectivity index is 1.77. The molecule has 0 radical (unpaired) electrons. The van der Waals surface area contributed by atoms with E-state index < -0.39 is 8.60 Å². The zero-order chi connectivity index (χ0) is 21.7. The van der Waals surface area contributed by atoms with Crippen molar-refractivity contribution in [2.45, 2.75) is 92.3 Å². The van der Waals surface area contributed by atoms with Gasteiger partial charge in [0.2, 0.25) is 0 Å². The monoisotopic (exact) mass is 434 g/mol. The minimum Gasteiger partial charge on any atom is -0.427 e. The molecule has 2 aliphatic rings. The van der Waals surface area contributed by atoms with Crippen molar-refractivity contribution in [1.82, 2.24) is 0 Å². The first-order chi connectivity index (χ1) is 14.3. The van der Waals surface area contributed by atoms with Gasteiger partial charge in [0.25, 0.3) is 0 Å². The van der Waals surface area contributed by atoms with Crippen LogP contribution in [0.15, 0.2) is 30.3 Å². The molecule has 4 heteroatoms. The lowest BCUT2D eigenvalue weighted by Crippen LogP contribution is -2.36. The summed E-state index contributed by atoms with van der Waals surface area (Å²) in [6, 6.07) is 10.1. The first kappa shape index (κ1) is 24.0. The van der Waals surface area contributed by atoms with E-state index in [1.165, 1.54) is 25.7 Å². The fourth-order valence-corrected chi connectivity index (χ4v) is 6.68. The topological polar surface area (TPSA) is 27.7 Å². The fourth-order valence-electron chi connectivity index (χ4n) is 5.33. The van der Waals surface area contributed by atoms with E-state index in [9.17, 15) is 0 Å². The Morgan fingerprint density at radius 2 is 1.20 bits per heavy atom. The van der Waals surface area contributed by atoms with Crippen LogP contribution in [0.25, 0.3) is 0 Å². The van der Waals surface area contributed by atoms with Gasteiger partial charge >= 0.3 is 8.60 Å². The lowest BCUT2D eigenvalue weighted by Gasteiger charge is -2.41. The maximum absolute atomic E-state index is 6.73. The predicted molar refractivity (Wildman–Crippen MR) is 126 cm³/mol. The van der Waals surface area contributed by atoms with Gasteiger partial charge in [-0.2, -0.15) is 0 Å². The molecule has 3 nitrogen and oxygen atoms in total. The highest BCUT2D eigenvalue weighted by Gasteiger charge is 2.38. The summed E-state index contributed by atoms with van der Waals surface area (Å²) < 4.78 is 19.8. The van der Waals surface area contributed by atoms with Crippen LogP contribution in [-0.2, 0) is 9.05 Å². The predicted octanol–water partition coefficient (Wildman–Crippen LogP) is 8.25. The quantitative estimate of drug-likeness (QED) is 0.386. The molecule has 2 aliphatic carbocycles. The van der Waals surface area contributed by atoms with E-state index in [2.05, 4.69) is 41.5 Å². The molecule has 0 spiro atoms. The molecule has 6 unspecified atom stereocenters. The number of rotatable bonds is 8. The normalized spacial score (nSPS) is 33.6. The third-order valence-electron chi connectivity index (χ3n) is 7.29. The summed E-state index contributed by atoms with van der Waals surface area (Å²) in [6.45, 7) is 14.0. The zero-order valence-corrected chi connectivity index (χ0v) is 20.8. The van der Waals surface area contributed by atoms with Gasteiger partial charge in [0.15, 0.2) is 0 Å². The Morgan fingerprint density at radius 1 is 0.733 bits per heavy atom. The summed E-state index contributed by atoms with van der Waals surface area (Å²) in [5.74, 6) is 4.66. The molecule has 0 saturated heterocycles. The van der Waals surface area contributed by atoms with Gasteiger partial charge in [-0.15, -0.1) is 0 Å². The average Bonchev–Trinajstić information content (AvgIpc) is 2.68. The highest BCUT2D eigenvalue weighted by Crippen LogP contribution is 2.51. The Kier molecular flexibility index (Phi) is 9.05. The van der Waals surface area contributed by atoms with Crippen LogP contribution in [0.3, 0.4) is 0 Å². The second kappa shape index (κ2) is 11.3. The van der Waals surface area contributed by atoms with Crippen molar-refractivity contribution in [2.24, 2.45) is 35.5 Å². The van der Waals surface area contributed by atoms with E-state index in [4.69, 9.17) is 13.6 Å². The lowest BCUT2D eigenvalue weighted by atomic mass is 9.75. The van der Waals surface area contributed by atoms with Gasteiger partial charge in [-0.3, -0.25) is 9.05 Å². The molecule has 1 aromatic carbocycles. The Hall–Kier alpha value is -0.630. The second-order valence-electron chi connectivity index (χ2n) is 10.6. The van der Waals surface area contributed by atoms with Gasteiger partial charge in [-0.25, -0.2) is 0 Å². The van der Waals surface area contributed by atoms with Crippen molar-refractivity contribution in [3.8, 4) is 5.75 Å². The van der Waals surface area contributed by atoms with Gasteiger partial charge in [0.05, 0.1) is 12.2 Å². The van der Waals surface area contributed by atoms with Crippen LogP contribution < -0.4 is 4.52 Å². The molecule has 0 N–H and O–H groups in total. The number of benzene rings is 1. The summed E-state index contributed by atoms with van der Waals surface area (Å²) in [5.41, 5.74) is 0. The second-order valence-corrected chi connectivity index (χ2v) is 11.6. The van der Waals surface area contributed by atoms with E-state index in [1.54, 1.807) is 0 Å². The molecule has 0 amide bonds. The van der Waals surface area contributed by atoms with Crippen LogP contribution in [-0.4, -0.2) is 12.2 Å². The standard InChI is InChI=1S/C26H43O3P/c1-18(2)23-14-12-20(5)16-25(23)28-30(27-22-10-8-7-9-11-22)29-26-17-21(6)13-15-24(26)19(3)4/h7-11,18-21,23-26H,12-17H2,1-6H3. The molecule has 6 atom stereocenters. The minimum absolute atomic E-state index is 0.224. The minimum atomic E-state index is -1.42. The number of hydrogen-bond donors (Lipinski definition) is 0. The molecule has 0 aliphatic heterocycles. The average molecular weight is 435 g/mol. The largest absolute Gasteiger partial charge is 0.427 e. The van der Waals surface area contributed by atoms with Crippen LogP contribution in [0.1, 0.15) is 80.1 Å². The molecule has 3 rings (SSSR count). The van der Waals surface area contributed by atoms with Gasteiger partial charge in [-0.05, 0) is 73.3 Å². The van der Waals surface area contributed by atoms with Crippen molar-refractivity contribution < 1.29 is 13.6 Å². The molecule has 0 aromatic heterocycles. The third kappa shape index (κ3) is 6.68. The van der Waals surface area contributed by atoms with Crippen molar-refractivity contribution in [2.75, 3.05) is 0 Å². The molecular weight excluding hydrogens is 391 g/mol. The van der Waals surface area contributed by atoms with Crippen LogP contribution in [0.2, 0.25) is 0 Å². The summed E-state index contributed by atoms with van der Waals surface area (Å²) in [7, 11) is -1.42. The van der Waals surface area contributed by atoms with E-state index >= 15 is 0 Å². The Bertz CT molecular complexity index is 586. The maximum Gasteiger partial charge on any atom is 0.397 e. The summed E-state index contributed by atoms with van der Waals surface area (Å²) in [6.07, 6.45) is 7.76. The molecule has 0 bridgehead atoms. The highest BCUT2D eigenvalue weighted by molar-refractivity contribution is 7.42. The van der Waals surface area contributed by atoms with E-state index in [-0.39, 0.29) is 12.2 Å². The fraction of sp³-hybridized carbons (Fsp3) is 0.769. The van der Waals surface area contributed by atoms with Crippen LogP contribution >= 0.6 is 8.60 Å². The molecule has 2 saturated carbocycles. The molecule has 2 fully saturated rings. The number of para-hydroxylation sites is 1. The van der Waals surface area contributed by atoms with Gasteiger partial charge in [0, 0.05) is 0 Å². The van der Waals surface area contributed by atoms with E-state index in [1.807, 2.05) is 30.3 Å². The molecule has 30 heavy (non-hydrogen) atoms. The zero-order valence-electron chi connectivity index (χ0n) is 19.9. The summed E-state index contributed by atoms with van der Waals surface area (Å²) >= 11 is 0. The van der Waals surface area contributed by atoms with Crippen LogP contribution in [0.4, 0.5) is 0 Å². The molecule has 1 aromatic rings. The van der Waals surface area contributed by atoms with E-state index in [0.29, 0.717) is 35.5 Å². The maximum atomic E-state index is 6.73. The Labute approximate surface area is 186 Å². The van der Waals surface area contributed by atoms with Gasteiger partial charge < -0.3 is 4.52 Å². The third-order valence-corrected chi connectivity index (χ3v) is 8.53. The molecular formula is C26H43O3P. The highest BCUT2D eigenvalue weighted by atomic mass is 31.2. The van der Waals surface area contributed by atoms with Crippen molar-refractivity contribution in [3.63, 3.8) is 0 Å². The summed E-state index contributed by atoms with van der Waals surface area (Å²) in [5, 5.41) is 0. The first-order valence-electron chi connectivity index (χ1n) is 12.2. The molecule has 0 heterocycles. The van der Waals surface area contributed by atoms with Crippen molar-refractivity contribution in [3.05, 3.63) is 30.3 Å².